The summed E-state index contributed by atoms with van der Waals surface area (Å²) in [5, 5.41) is 22.3. The number of hydrogen-bond donors (Lipinski definition) is 2. The second-order valence-electron chi connectivity index (χ2n) is 12.5. The number of ketones is 1. The Morgan fingerprint density at radius 3 is 2.47 bits per heavy atom. The minimum atomic E-state index is -1.28. The highest BCUT2D eigenvalue weighted by molar-refractivity contribution is 5.89. The van der Waals surface area contributed by atoms with E-state index in [9.17, 15) is 19.8 Å². The van der Waals surface area contributed by atoms with Crippen LogP contribution >= 0.6 is 0 Å². The number of fused-ring (bicyclic) bond motifs is 1. The fourth-order valence-corrected chi connectivity index (χ4v) is 5.79. The van der Waals surface area contributed by atoms with Crippen molar-refractivity contribution in [2.45, 2.75) is 109 Å². The molecule has 8 atom stereocenters. The quantitative estimate of drug-likeness (QED) is 0.447. The fraction of sp³-hybridized carbons (Fsp3) is 0.700. The highest BCUT2D eigenvalue weighted by Crippen LogP contribution is 2.54. The molecule has 3 saturated heterocycles. The first kappa shape index (κ1) is 28.9. The van der Waals surface area contributed by atoms with Crippen molar-refractivity contribution in [3.8, 4) is 0 Å². The fourth-order valence-electron chi connectivity index (χ4n) is 5.79. The number of nitrogens with zero attached hydrogens (tertiary/aromatic N) is 1. The van der Waals surface area contributed by atoms with Crippen LogP contribution in [0.15, 0.2) is 30.0 Å². The second-order valence-corrected chi connectivity index (χ2v) is 12.5. The molecule has 210 valence electrons. The minimum Gasteiger partial charge on any atom is -0.458 e. The van der Waals surface area contributed by atoms with Gasteiger partial charge in [0.2, 0.25) is 0 Å². The molecule has 3 fully saturated rings. The largest absolute Gasteiger partial charge is 0.458 e. The zero-order valence-corrected chi connectivity index (χ0v) is 23.5. The van der Waals surface area contributed by atoms with Crippen molar-refractivity contribution in [2.75, 3.05) is 6.61 Å². The third-order valence-electron chi connectivity index (χ3n) is 9.10. The Hall–Kier alpha value is -2.13. The summed E-state index contributed by atoms with van der Waals surface area (Å²) in [5.74, 6) is -1.78. The second kappa shape index (κ2) is 10.8. The van der Waals surface area contributed by atoms with Crippen LogP contribution in [0.1, 0.15) is 79.3 Å². The highest BCUT2D eigenvalue weighted by atomic mass is 16.6. The van der Waals surface area contributed by atoms with Crippen molar-refractivity contribution >= 4 is 17.8 Å². The van der Waals surface area contributed by atoms with Crippen LogP contribution < -0.4 is 0 Å². The zero-order valence-electron chi connectivity index (χ0n) is 23.5. The molecule has 0 radical (unpaired) electrons. The van der Waals surface area contributed by atoms with Crippen molar-refractivity contribution in [3.63, 3.8) is 0 Å². The Morgan fingerprint density at radius 1 is 1.13 bits per heavy atom. The lowest BCUT2D eigenvalue weighted by molar-refractivity contribution is -0.155. The first-order valence-electron chi connectivity index (χ1n) is 13.8. The number of rotatable bonds is 3. The lowest BCUT2D eigenvalue weighted by atomic mass is 9.71. The molecule has 8 heteroatoms. The van der Waals surface area contributed by atoms with Crippen LogP contribution in [-0.4, -0.2) is 69.2 Å². The van der Waals surface area contributed by atoms with Gasteiger partial charge in [-0.15, -0.1) is 0 Å². The summed E-state index contributed by atoms with van der Waals surface area (Å²) in [6.07, 6.45) is 2.93. The molecule has 0 aromatic carbocycles. The molecule has 1 aromatic heterocycles. The number of esters is 1. The van der Waals surface area contributed by atoms with E-state index >= 15 is 0 Å². The molecular weight excluding hydrogens is 486 g/mol. The van der Waals surface area contributed by atoms with E-state index in [0.717, 1.165) is 30.5 Å². The van der Waals surface area contributed by atoms with Gasteiger partial charge >= 0.3 is 5.97 Å². The molecule has 4 rings (SSSR count). The number of hydrogen-bond acceptors (Lipinski definition) is 8. The van der Waals surface area contributed by atoms with Crippen molar-refractivity contribution in [1.82, 2.24) is 4.98 Å². The Morgan fingerprint density at radius 2 is 1.84 bits per heavy atom. The van der Waals surface area contributed by atoms with Gasteiger partial charge in [0.1, 0.15) is 11.9 Å². The number of carbonyl (C=O) groups is 2. The van der Waals surface area contributed by atoms with Crippen LogP contribution in [0.3, 0.4) is 0 Å². The standard InChI is InChI=1S/C30H43NO7/c1-18-10-9-12-29(5)30(6,38-29)16-21(19(2)14-20-11-7-8-13-31-20)37-24(33)15-23(32)28(3,4)27(35)25(26(18)34)22-17-36-22/h7-8,11,13-14,18,21-23,25-26,32,34H,9-10,12,15-17H2,1-6H3/t18-,21-,22?,23-,25-,26-,29+,30-/m0/s1. The maximum absolute atomic E-state index is 13.7. The molecule has 0 saturated carbocycles. The molecule has 0 amide bonds. The molecular formula is C30H43NO7. The molecule has 1 unspecified atom stereocenters. The highest BCUT2D eigenvalue weighted by Gasteiger charge is 2.63. The predicted octanol–water partition coefficient (Wildman–Crippen LogP) is 3.88. The number of cyclic esters (lactones) is 1. The predicted molar refractivity (Wildman–Crippen MR) is 142 cm³/mol. The molecule has 0 spiro atoms. The van der Waals surface area contributed by atoms with E-state index in [4.69, 9.17) is 14.2 Å². The summed E-state index contributed by atoms with van der Waals surface area (Å²) >= 11 is 0. The molecule has 2 N–H and O–H groups in total. The number of Topliss-reactive ketones (excluding diaryl/α,β-unsaturated/α-hetero) is 1. The van der Waals surface area contributed by atoms with Gasteiger partial charge in [-0.25, -0.2) is 0 Å². The van der Waals surface area contributed by atoms with Gasteiger partial charge < -0.3 is 24.4 Å². The molecule has 1 aromatic rings. The minimum absolute atomic E-state index is 0.135. The summed E-state index contributed by atoms with van der Waals surface area (Å²) in [5.41, 5.74) is -0.573. The summed E-state index contributed by atoms with van der Waals surface area (Å²) < 4.78 is 17.7. The van der Waals surface area contributed by atoms with E-state index in [2.05, 4.69) is 11.9 Å². The van der Waals surface area contributed by atoms with Gasteiger partial charge in [-0.05, 0) is 63.3 Å². The monoisotopic (exact) mass is 529 g/mol. The summed E-state index contributed by atoms with van der Waals surface area (Å²) in [4.78, 5) is 31.2. The van der Waals surface area contributed by atoms with Gasteiger partial charge in [0, 0.05) is 12.6 Å². The third-order valence-corrected chi connectivity index (χ3v) is 9.10. The van der Waals surface area contributed by atoms with Crippen LogP contribution in [0.5, 0.6) is 0 Å². The van der Waals surface area contributed by atoms with Gasteiger partial charge in [0.05, 0.1) is 59.6 Å². The summed E-state index contributed by atoms with van der Waals surface area (Å²) in [6.45, 7) is 11.6. The normalized spacial score (nSPS) is 40.7. The van der Waals surface area contributed by atoms with Gasteiger partial charge in [0.25, 0.3) is 0 Å². The van der Waals surface area contributed by atoms with E-state index in [-0.39, 0.29) is 29.8 Å². The molecule has 38 heavy (non-hydrogen) atoms. The number of carbonyl (C=O) groups excluding carboxylic acids is 2. The number of aromatic nitrogens is 1. The number of pyridine rings is 1. The molecule has 4 heterocycles. The smallest absolute Gasteiger partial charge is 0.309 e. The topological polar surface area (TPSA) is 122 Å². The van der Waals surface area contributed by atoms with Gasteiger partial charge in [-0.3, -0.25) is 14.6 Å². The molecule has 0 bridgehead atoms. The molecule has 0 aliphatic carbocycles. The van der Waals surface area contributed by atoms with Crippen molar-refractivity contribution in [1.29, 1.82) is 0 Å². The number of aliphatic hydroxyl groups is 2. The Balaban J connectivity index is 1.62. The zero-order chi connectivity index (χ0) is 27.9. The average Bonchev–Trinajstić information content (AvgIpc) is 3.76. The molecule has 3 aliphatic heterocycles. The average molecular weight is 530 g/mol. The van der Waals surface area contributed by atoms with Crippen LogP contribution in [0.25, 0.3) is 6.08 Å². The number of epoxide rings is 2. The van der Waals surface area contributed by atoms with Gasteiger partial charge in [-0.2, -0.15) is 0 Å². The van der Waals surface area contributed by atoms with Crippen LogP contribution in [-0.2, 0) is 23.8 Å². The number of aliphatic hydroxyl groups excluding tert-OH is 2. The van der Waals surface area contributed by atoms with E-state index in [1.54, 1.807) is 20.0 Å². The van der Waals surface area contributed by atoms with Crippen molar-refractivity contribution in [2.24, 2.45) is 17.3 Å². The van der Waals surface area contributed by atoms with Crippen LogP contribution in [0, 0.1) is 17.3 Å². The molecule has 8 nitrogen and oxygen atoms in total. The lowest BCUT2D eigenvalue weighted by Crippen LogP contribution is -2.48. The first-order chi connectivity index (χ1) is 17.8. The maximum Gasteiger partial charge on any atom is 0.309 e. The van der Waals surface area contributed by atoms with Crippen LogP contribution in [0.4, 0.5) is 0 Å². The van der Waals surface area contributed by atoms with Gasteiger partial charge in [0.15, 0.2) is 0 Å². The Kier molecular flexibility index (Phi) is 8.20. The van der Waals surface area contributed by atoms with E-state index < -0.39 is 41.2 Å². The SMILES string of the molecule is CC(=Cc1ccccn1)[C@@H]1C[C@]2(C)O[C@]2(C)CCC[C@H](C)[C@H](O)[C@H](C2CO2)C(=O)C(C)(C)[C@@H](O)CC(=O)O1. The summed E-state index contributed by atoms with van der Waals surface area (Å²) in [6, 6.07) is 5.62. The van der Waals surface area contributed by atoms with E-state index in [1.807, 2.05) is 45.0 Å². The Labute approximate surface area is 225 Å². The summed E-state index contributed by atoms with van der Waals surface area (Å²) in [7, 11) is 0. The first-order valence-corrected chi connectivity index (χ1v) is 13.8. The Bertz CT molecular complexity index is 1050. The maximum atomic E-state index is 13.7. The third kappa shape index (κ3) is 6.03. The lowest BCUT2D eigenvalue weighted by Gasteiger charge is -2.35. The van der Waals surface area contributed by atoms with E-state index in [0.29, 0.717) is 13.0 Å². The van der Waals surface area contributed by atoms with E-state index in [1.165, 1.54) is 0 Å². The van der Waals surface area contributed by atoms with Crippen molar-refractivity contribution in [3.05, 3.63) is 35.7 Å². The number of ether oxygens (including phenoxy) is 3. The molecule has 3 aliphatic rings. The van der Waals surface area contributed by atoms with Gasteiger partial charge in [-0.1, -0.05) is 33.3 Å². The van der Waals surface area contributed by atoms with Crippen LogP contribution in [0.2, 0.25) is 0 Å². The van der Waals surface area contributed by atoms with Crippen molar-refractivity contribution < 1.29 is 34.0 Å².